The second-order valence-corrected chi connectivity index (χ2v) is 9.33. The van der Waals surface area contributed by atoms with Crippen LogP contribution in [0.3, 0.4) is 0 Å². The second kappa shape index (κ2) is 8.20. The lowest BCUT2D eigenvalue weighted by molar-refractivity contribution is -0.669. The topological polar surface area (TPSA) is 76.1 Å². The van der Waals surface area contributed by atoms with Crippen LogP contribution in [0.25, 0.3) is 11.2 Å². The summed E-state index contributed by atoms with van der Waals surface area (Å²) in [6.45, 7) is 7.92. The Morgan fingerprint density at radius 2 is 1.85 bits per heavy atom. The van der Waals surface area contributed by atoms with E-state index in [1.54, 1.807) is 18.7 Å². The summed E-state index contributed by atoms with van der Waals surface area (Å²) in [5.74, 6) is 1.90. The highest BCUT2D eigenvalue weighted by Gasteiger charge is 2.36. The average molecular weight is 461 g/mol. The highest BCUT2D eigenvalue weighted by Crippen LogP contribution is 2.29. The van der Waals surface area contributed by atoms with Crippen molar-refractivity contribution in [1.29, 1.82) is 0 Å². The van der Waals surface area contributed by atoms with Gasteiger partial charge < -0.3 is 4.74 Å². The van der Waals surface area contributed by atoms with E-state index in [0.717, 1.165) is 40.6 Å². The number of hydrogen-bond donors (Lipinski definition) is 1. The number of nitrogens with zero attached hydrogens (tertiary/aromatic N) is 4. The van der Waals surface area contributed by atoms with Gasteiger partial charge >= 0.3 is 11.6 Å². The Bertz CT molecular complexity index is 1510. The van der Waals surface area contributed by atoms with Crippen LogP contribution >= 0.6 is 0 Å². The number of aryl methyl sites for hydroxylation is 3. The van der Waals surface area contributed by atoms with Crippen molar-refractivity contribution in [3.05, 3.63) is 80.0 Å². The molecule has 8 nitrogen and oxygen atoms in total. The number of ether oxygens (including phenoxy) is 1. The maximum Gasteiger partial charge on any atom is 0.364 e. The molecule has 2 aromatic carbocycles. The fourth-order valence-electron chi connectivity index (χ4n) is 4.85. The molecule has 3 heterocycles. The van der Waals surface area contributed by atoms with E-state index in [1.165, 1.54) is 4.57 Å². The van der Waals surface area contributed by atoms with Crippen molar-refractivity contribution in [2.24, 2.45) is 13.0 Å². The molecule has 0 saturated heterocycles. The lowest BCUT2D eigenvalue weighted by Crippen LogP contribution is -2.52. The van der Waals surface area contributed by atoms with Gasteiger partial charge in [-0.05, 0) is 49.2 Å². The van der Waals surface area contributed by atoms with Crippen molar-refractivity contribution in [2.75, 3.05) is 18.6 Å². The summed E-state index contributed by atoms with van der Waals surface area (Å²) >= 11 is 0. The summed E-state index contributed by atoms with van der Waals surface area (Å²) in [6.07, 6.45) is 0. The van der Waals surface area contributed by atoms with Crippen LogP contribution < -0.4 is 25.5 Å². The average Bonchev–Trinajstić information content (AvgIpc) is 3.21. The van der Waals surface area contributed by atoms with Gasteiger partial charge in [0.25, 0.3) is 5.56 Å². The number of aromatic nitrogens is 4. The van der Waals surface area contributed by atoms with E-state index < -0.39 is 0 Å². The molecule has 8 heteroatoms. The Kier molecular flexibility index (Phi) is 5.31. The number of imidazole rings is 1. The third-order valence-electron chi connectivity index (χ3n) is 6.74. The zero-order valence-electron chi connectivity index (χ0n) is 20.3. The molecule has 0 fully saturated rings. The highest BCUT2D eigenvalue weighted by atomic mass is 16.5. The van der Waals surface area contributed by atoms with E-state index in [9.17, 15) is 9.59 Å². The van der Waals surface area contributed by atoms with Crippen LogP contribution in [0.4, 0.5) is 11.6 Å². The summed E-state index contributed by atoms with van der Waals surface area (Å²) in [5, 5.41) is 0. The Morgan fingerprint density at radius 3 is 2.56 bits per heavy atom. The quantitative estimate of drug-likeness (QED) is 0.475. The molecule has 176 valence electrons. The summed E-state index contributed by atoms with van der Waals surface area (Å²) in [5.41, 5.74) is 4.58. The van der Waals surface area contributed by atoms with Crippen molar-refractivity contribution in [1.82, 2.24) is 14.1 Å². The van der Waals surface area contributed by atoms with E-state index in [1.807, 2.05) is 60.9 Å². The molecule has 0 aliphatic carbocycles. The Balaban J connectivity index is 1.70. The van der Waals surface area contributed by atoms with E-state index in [-0.39, 0.29) is 17.8 Å². The van der Waals surface area contributed by atoms with Gasteiger partial charge in [-0.15, -0.1) is 0 Å². The number of methoxy groups -OCH3 is 1. The SMILES string of the molecule is COc1ccc(N2C[C@H](C)C[n+]3c2[nH]c2c3c(=O)n(Cc3cc(C)ccc3C)c(=O)n2C)cc1. The van der Waals surface area contributed by atoms with Gasteiger partial charge in [0.2, 0.25) is 11.2 Å². The molecule has 0 amide bonds. The number of H-pyrrole nitrogens is 1. The molecule has 0 spiro atoms. The van der Waals surface area contributed by atoms with Gasteiger partial charge in [0, 0.05) is 13.0 Å². The van der Waals surface area contributed by atoms with Gasteiger partial charge in [-0.25, -0.2) is 19.2 Å². The Morgan fingerprint density at radius 1 is 1.12 bits per heavy atom. The predicted octanol–water partition coefficient (Wildman–Crippen LogP) is 2.78. The first-order valence-corrected chi connectivity index (χ1v) is 11.5. The molecular weight excluding hydrogens is 430 g/mol. The lowest BCUT2D eigenvalue weighted by atomic mass is 10.1. The van der Waals surface area contributed by atoms with E-state index in [0.29, 0.717) is 23.6 Å². The van der Waals surface area contributed by atoms with Crippen molar-refractivity contribution >= 4 is 22.8 Å². The van der Waals surface area contributed by atoms with E-state index in [4.69, 9.17) is 4.74 Å². The number of aromatic amines is 1. The first-order chi connectivity index (χ1) is 16.3. The second-order valence-electron chi connectivity index (χ2n) is 9.33. The molecule has 0 saturated carbocycles. The number of nitrogens with one attached hydrogen (secondary N) is 1. The molecule has 5 rings (SSSR count). The molecule has 4 aromatic rings. The third kappa shape index (κ3) is 3.50. The van der Waals surface area contributed by atoms with E-state index in [2.05, 4.69) is 16.8 Å². The third-order valence-corrected chi connectivity index (χ3v) is 6.74. The molecule has 0 unspecified atom stereocenters. The minimum absolute atomic E-state index is 0.243. The van der Waals surface area contributed by atoms with Crippen molar-refractivity contribution in [3.63, 3.8) is 0 Å². The Hall–Kier alpha value is -3.81. The highest BCUT2D eigenvalue weighted by molar-refractivity contribution is 5.70. The first kappa shape index (κ1) is 22.0. The monoisotopic (exact) mass is 460 g/mol. The largest absolute Gasteiger partial charge is 0.497 e. The molecule has 1 aliphatic rings. The van der Waals surface area contributed by atoms with Crippen molar-refractivity contribution in [2.45, 2.75) is 33.9 Å². The molecule has 1 N–H and O–H groups in total. The zero-order valence-corrected chi connectivity index (χ0v) is 20.3. The fourth-order valence-corrected chi connectivity index (χ4v) is 4.85. The van der Waals surface area contributed by atoms with Crippen LogP contribution in [0.2, 0.25) is 0 Å². The minimum Gasteiger partial charge on any atom is -0.497 e. The first-order valence-electron chi connectivity index (χ1n) is 11.5. The molecule has 1 aliphatic heterocycles. The molecule has 0 radical (unpaired) electrons. The summed E-state index contributed by atoms with van der Waals surface area (Å²) in [7, 11) is 3.36. The molecule has 1 atom stereocenters. The molecular formula is C26H30N5O3+. The minimum atomic E-state index is -0.332. The summed E-state index contributed by atoms with van der Waals surface area (Å²) in [6, 6.07) is 14.0. The van der Waals surface area contributed by atoms with Gasteiger partial charge in [-0.2, -0.15) is 0 Å². The zero-order chi connectivity index (χ0) is 24.1. The van der Waals surface area contributed by atoms with Crippen LogP contribution in [-0.4, -0.2) is 27.8 Å². The number of anilines is 2. The van der Waals surface area contributed by atoms with Crippen molar-refractivity contribution < 1.29 is 9.30 Å². The number of hydrogen-bond acceptors (Lipinski definition) is 4. The van der Waals surface area contributed by atoms with Crippen LogP contribution in [0, 0.1) is 19.8 Å². The maximum atomic E-state index is 13.7. The van der Waals surface area contributed by atoms with Crippen LogP contribution in [0.5, 0.6) is 5.75 Å². The van der Waals surface area contributed by atoms with Gasteiger partial charge in [0.05, 0.1) is 26.7 Å². The fraction of sp³-hybridized carbons (Fsp3) is 0.346. The van der Waals surface area contributed by atoms with Crippen molar-refractivity contribution in [3.8, 4) is 5.75 Å². The molecule has 34 heavy (non-hydrogen) atoms. The van der Waals surface area contributed by atoms with Gasteiger partial charge in [0.1, 0.15) is 11.4 Å². The lowest BCUT2D eigenvalue weighted by Gasteiger charge is -2.26. The van der Waals surface area contributed by atoms with Gasteiger partial charge in [0.15, 0.2) is 0 Å². The molecule has 2 aromatic heterocycles. The maximum absolute atomic E-state index is 13.7. The van der Waals surface area contributed by atoms with E-state index >= 15 is 0 Å². The normalized spacial score (nSPS) is 15.6. The van der Waals surface area contributed by atoms with Crippen LogP contribution in [-0.2, 0) is 20.1 Å². The summed E-state index contributed by atoms with van der Waals surface area (Å²) in [4.78, 5) is 32.6. The summed E-state index contributed by atoms with van der Waals surface area (Å²) < 4.78 is 10.2. The smallest absolute Gasteiger partial charge is 0.364 e. The number of rotatable bonds is 4. The predicted molar refractivity (Wildman–Crippen MR) is 132 cm³/mol. The standard InChI is InChI=1S/C26H29N5O3/c1-16-6-7-18(3)19(12-16)15-31-24(32)22-23(28(4)26(31)33)27-25-29(13-17(2)14-30(22)25)20-8-10-21(34-5)11-9-20/h6-12,17H,13-15H2,1-5H3/p+1/t17-/m0/s1. The molecule has 0 bridgehead atoms. The number of benzene rings is 2. The van der Waals surface area contributed by atoms with Gasteiger partial charge in [-0.1, -0.05) is 30.7 Å². The van der Waals surface area contributed by atoms with Crippen LogP contribution in [0.1, 0.15) is 23.6 Å². The number of fused-ring (bicyclic) bond motifs is 3. The van der Waals surface area contributed by atoms with Crippen LogP contribution in [0.15, 0.2) is 52.1 Å². The van der Waals surface area contributed by atoms with Gasteiger partial charge in [-0.3, -0.25) is 13.9 Å². The Labute approximate surface area is 197 Å².